The number of amides is 2. The molecule has 0 saturated carbocycles. The summed E-state index contributed by atoms with van der Waals surface area (Å²) in [6.45, 7) is 2.32. The molecule has 0 spiro atoms. The van der Waals surface area contributed by atoms with Gasteiger partial charge in [-0.2, -0.15) is 0 Å². The Kier molecular flexibility index (Phi) is 10.6. The van der Waals surface area contributed by atoms with E-state index in [2.05, 4.69) is 5.32 Å². The fraction of sp³-hybridized carbons (Fsp3) is 0.286. The van der Waals surface area contributed by atoms with Crippen LogP contribution in [0.1, 0.15) is 30.9 Å². The first-order valence-corrected chi connectivity index (χ1v) is 13.1. The van der Waals surface area contributed by atoms with Crippen LogP contribution in [0.3, 0.4) is 0 Å². The van der Waals surface area contributed by atoms with Crippen LogP contribution in [0.25, 0.3) is 0 Å². The van der Waals surface area contributed by atoms with Gasteiger partial charge in [-0.05, 0) is 55.0 Å². The van der Waals surface area contributed by atoms with Gasteiger partial charge in [0, 0.05) is 41.4 Å². The molecule has 0 saturated heterocycles. The van der Waals surface area contributed by atoms with Crippen molar-refractivity contribution in [1.29, 1.82) is 0 Å². The molecule has 0 fully saturated rings. The molecule has 0 bridgehead atoms. The molecule has 3 rings (SSSR count). The molecule has 4 nitrogen and oxygen atoms in total. The molecular weight excluding hydrogens is 483 g/mol. The van der Waals surface area contributed by atoms with Gasteiger partial charge in [0.05, 0.1) is 0 Å². The highest BCUT2D eigenvalue weighted by Gasteiger charge is 2.30. The van der Waals surface area contributed by atoms with Gasteiger partial charge in [0.25, 0.3) is 0 Å². The Balaban J connectivity index is 1.77. The summed E-state index contributed by atoms with van der Waals surface area (Å²) in [4.78, 5) is 29.2. The van der Waals surface area contributed by atoms with Crippen LogP contribution in [0.15, 0.2) is 83.8 Å². The van der Waals surface area contributed by atoms with Gasteiger partial charge in [0.2, 0.25) is 11.8 Å². The second-order valence-electron chi connectivity index (χ2n) is 8.12. The topological polar surface area (TPSA) is 49.4 Å². The third-order valence-corrected chi connectivity index (χ3v) is 6.89. The van der Waals surface area contributed by atoms with Gasteiger partial charge < -0.3 is 10.2 Å². The van der Waals surface area contributed by atoms with Crippen molar-refractivity contribution >= 4 is 35.2 Å². The van der Waals surface area contributed by atoms with Crippen LogP contribution in [0, 0.1) is 5.82 Å². The quantitative estimate of drug-likeness (QED) is 0.235. The zero-order chi connectivity index (χ0) is 25.0. The molecule has 0 aliphatic heterocycles. The van der Waals surface area contributed by atoms with Crippen LogP contribution in [0.4, 0.5) is 4.39 Å². The summed E-state index contributed by atoms with van der Waals surface area (Å²) in [5.74, 6) is -0.0579. The van der Waals surface area contributed by atoms with Crippen molar-refractivity contribution in [1.82, 2.24) is 10.2 Å². The summed E-state index contributed by atoms with van der Waals surface area (Å²) in [5, 5.41) is 3.54. The molecule has 1 N–H and O–H groups in total. The molecule has 3 aromatic carbocycles. The maximum atomic E-state index is 14.5. The van der Waals surface area contributed by atoms with E-state index in [9.17, 15) is 14.0 Å². The Bertz CT molecular complexity index is 1100. The Labute approximate surface area is 215 Å². The minimum Gasteiger partial charge on any atom is -0.355 e. The van der Waals surface area contributed by atoms with Gasteiger partial charge in [-0.3, -0.25) is 9.59 Å². The highest BCUT2D eigenvalue weighted by molar-refractivity contribution is 7.99. The molecule has 0 aliphatic rings. The van der Waals surface area contributed by atoms with E-state index in [4.69, 9.17) is 11.6 Å². The average molecular weight is 513 g/mol. The van der Waals surface area contributed by atoms with E-state index in [1.165, 1.54) is 11.0 Å². The van der Waals surface area contributed by atoms with Crippen molar-refractivity contribution < 1.29 is 14.0 Å². The summed E-state index contributed by atoms with van der Waals surface area (Å²) in [6.07, 6.45) is 1.25. The number of thioether (sulfide) groups is 1. The van der Waals surface area contributed by atoms with Crippen molar-refractivity contribution in [3.8, 4) is 0 Å². The predicted molar refractivity (Wildman–Crippen MR) is 141 cm³/mol. The first-order chi connectivity index (χ1) is 17.0. The number of rotatable bonds is 12. The van der Waals surface area contributed by atoms with E-state index in [1.54, 1.807) is 30.0 Å². The van der Waals surface area contributed by atoms with Gasteiger partial charge in [0.1, 0.15) is 11.9 Å². The number of likely N-dealkylation sites (N-methyl/N-ethyl adjacent to an activating group) is 1. The monoisotopic (exact) mass is 512 g/mol. The number of hydrogen-bond donors (Lipinski definition) is 1. The summed E-state index contributed by atoms with van der Waals surface area (Å²) in [7, 11) is 0. The lowest BCUT2D eigenvalue weighted by molar-refractivity contribution is -0.141. The maximum absolute atomic E-state index is 14.5. The van der Waals surface area contributed by atoms with Crippen molar-refractivity contribution in [3.05, 3.63) is 101 Å². The molecule has 0 aliphatic carbocycles. The van der Waals surface area contributed by atoms with E-state index in [1.807, 2.05) is 61.5 Å². The summed E-state index contributed by atoms with van der Waals surface area (Å²) in [5.41, 5.74) is 1.33. The first-order valence-electron chi connectivity index (χ1n) is 11.7. The van der Waals surface area contributed by atoms with E-state index >= 15 is 0 Å². The normalized spacial score (nSPS) is 11.6. The zero-order valence-electron chi connectivity index (χ0n) is 19.8. The van der Waals surface area contributed by atoms with Crippen LogP contribution in [-0.4, -0.2) is 35.1 Å². The third kappa shape index (κ3) is 8.41. The van der Waals surface area contributed by atoms with Crippen molar-refractivity contribution in [2.45, 2.75) is 43.7 Å². The number of nitrogens with one attached hydrogen (secondary N) is 1. The van der Waals surface area contributed by atoms with Gasteiger partial charge in [-0.1, -0.05) is 60.1 Å². The Morgan fingerprint density at radius 3 is 2.37 bits per heavy atom. The molecule has 1 atom stereocenters. The number of hydrogen-bond acceptors (Lipinski definition) is 3. The first kappa shape index (κ1) is 26.8. The second kappa shape index (κ2) is 13.9. The molecular formula is C28H30ClFN2O2S. The Morgan fingerprint density at radius 1 is 1.00 bits per heavy atom. The molecule has 7 heteroatoms. The summed E-state index contributed by atoms with van der Waals surface area (Å²) >= 11 is 7.59. The lowest BCUT2D eigenvalue weighted by Gasteiger charge is -2.31. The van der Waals surface area contributed by atoms with E-state index in [0.29, 0.717) is 30.0 Å². The summed E-state index contributed by atoms with van der Waals surface area (Å²) in [6, 6.07) is 22.8. The van der Waals surface area contributed by atoms with Gasteiger partial charge in [-0.15, -0.1) is 11.8 Å². The van der Waals surface area contributed by atoms with Crippen LogP contribution in [0.2, 0.25) is 5.02 Å². The number of benzene rings is 3. The molecule has 0 aromatic heterocycles. The standard InChI is InChI=1S/C28H30ClFN2O2S/c1-2-31-28(34)26(19-21-9-4-3-5-10-21)32(20-22-11-6-7-12-25(22)30)27(33)13-8-18-35-24-16-14-23(29)15-17-24/h3-7,9-12,14-17,26H,2,8,13,18-20H2,1H3,(H,31,34). The largest absolute Gasteiger partial charge is 0.355 e. The van der Waals surface area contributed by atoms with Crippen LogP contribution in [0.5, 0.6) is 0 Å². The summed E-state index contributed by atoms with van der Waals surface area (Å²) < 4.78 is 14.5. The van der Waals surface area contributed by atoms with E-state index in [-0.39, 0.29) is 24.8 Å². The number of carbonyl (C=O) groups excluding carboxylic acids is 2. The van der Waals surface area contributed by atoms with Crippen LogP contribution < -0.4 is 5.32 Å². The minimum atomic E-state index is -0.742. The van der Waals surface area contributed by atoms with E-state index in [0.717, 1.165) is 16.2 Å². The fourth-order valence-electron chi connectivity index (χ4n) is 3.74. The molecule has 0 radical (unpaired) electrons. The highest BCUT2D eigenvalue weighted by atomic mass is 35.5. The molecule has 3 aromatic rings. The Hall–Kier alpha value is -2.83. The fourth-order valence-corrected chi connectivity index (χ4v) is 4.72. The molecule has 0 heterocycles. The average Bonchev–Trinajstić information content (AvgIpc) is 2.86. The third-order valence-electron chi connectivity index (χ3n) is 5.54. The van der Waals surface area contributed by atoms with Crippen molar-refractivity contribution in [2.24, 2.45) is 0 Å². The number of halogens is 2. The van der Waals surface area contributed by atoms with Crippen molar-refractivity contribution in [3.63, 3.8) is 0 Å². The van der Waals surface area contributed by atoms with E-state index < -0.39 is 11.9 Å². The SMILES string of the molecule is CCNC(=O)C(Cc1ccccc1)N(Cc1ccccc1F)C(=O)CCCSc1ccc(Cl)cc1. The van der Waals surface area contributed by atoms with Gasteiger partial charge >= 0.3 is 0 Å². The van der Waals surface area contributed by atoms with Crippen LogP contribution >= 0.6 is 23.4 Å². The smallest absolute Gasteiger partial charge is 0.243 e. The lowest BCUT2D eigenvalue weighted by atomic mass is 10.0. The second-order valence-corrected chi connectivity index (χ2v) is 9.72. The van der Waals surface area contributed by atoms with Gasteiger partial charge in [0.15, 0.2) is 0 Å². The van der Waals surface area contributed by atoms with Crippen LogP contribution in [-0.2, 0) is 22.6 Å². The maximum Gasteiger partial charge on any atom is 0.243 e. The predicted octanol–water partition coefficient (Wildman–Crippen LogP) is 6.13. The molecule has 1 unspecified atom stereocenters. The minimum absolute atomic E-state index is 0.0322. The number of carbonyl (C=O) groups is 2. The highest BCUT2D eigenvalue weighted by Crippen LogP contribution is 2.23. The lowest BCUT2D eigenvalue weighted by Crippen LogP contribution is -2.50. The molecule has 35 heavy (non-hydrogen) atoms. The zero-order valence-corrected chi connectivity index (χ0v) is 21.3. The molecule has 184 valence electrons. The number of nitrogens with zero attached hydrogens (tertiary/aromatic N) is 1. The Morgan fingerprint density at radius 2 is 1.69 bits per heavy atom. The molecule has 2 amide bonds. The van der Waals surface area contributed by atoms with Gasteiger partial charge in [-0.25, -0.2) is 4.39 Å². The van der Waals surface area contributed by atoms with Crippen molar-refractivity contribution in [2.75, 3.05) is 12.3 Å².